The molecule has 1 aromatic rings. The van der Waals surface area contributed by atoms with Crippen LogP contribution in [0.4, 0.5) is 10.6 Å². The van der Waals surface area contributed by atoms with Gasteiger partial charge in [0.15, 0.2) is 5.69 Å². The number of hydrogen-bond acceptors (Lipinski definition) is 7. The maximum Gasteiger partial charge on any atom is 0.431 e. The minimum absolute atomic E-state index is 0.00338. The Kier molecular flexibility index (Phi) is 5.11. The third-order valence-corrected chi connectivity index (χ3v) is 1.90. The molecule has 0 saturated heterocycles. The van der Waals surface area contributed by atoms with E-state index in [1.165, 1.54) is 13.4 Å². The summed E-state index contributed by atoms with van der Waals surface area (Å²) in [7, 11) is 1.35. The van der Waals surface area contributed by atoms with Gasteiger partial charge >= 0.3 is 6.09 Å². The number of nitrogens with two attached hydrogens (primary N) is 1. The topological polar surface area (TPSA) is 126 Å². The fourth-order valence-corrected chi connectivity index (χ4v) is 1.01. The molecule has 0 aliphatic carbocycles. The smallest absolute Gasteiger partial charge is 0.431 e. The van der Waals surface area contributed by atoms with Crippen LogP contribution in [0, 0.1) is 0 Å². The van der Waals surface area contributed by atoms with E-state index in [1.54, 1.807) is 0 Å². The second-order valence-electron chi connectivity index (χ2n) is 3.02. The van der Waals surface area contributed by atoms with Gasteiger partial charge in [0.2, 0.25) is 5.82 Å². The number of carbonyl (C=O) groups excluding carboxylic acids is 2. The van der Waals surface area contributed by atoms with Crippen molar-refractivity contribution in [3.63, 3.8) is 0 Å². The van der Waals surface area contributed by atoms with Crippen LogP contribution in [0.3, 0.4) is 0 Å². The number of H-pyrrole nitrogens is 1. The van der Waals surface area contributed by atoms with E-state index in [4.69, 9.17) is 10.5 Å². The first-order valence-electron chi connectivity index (χ1n) is 4.82. The molecule has 0 aliphatic heterocycles. The standard InChI is InChI=1S/C8H12N6O3S/c1-14(8(16)17-2-3-18)13-12-7-5(6(9)15)10-4-11-7/h4,18H,2-3H2,1H3,(H2,9,15)(H,10,11). The van der Waals surface area contributed by atoms with Crippen molar-refractivity contribution in [1.29, 1.82) is 0 Å². The summed E-state index contributed by atoms with van der Waals surface area (Å²) in [5, 5.41) is 8.00. The molecule has 1 heterocycles. The quantitative estimate of drug-likeness (QED) is 0.410. The first kappa shape index (κ1) is 14.0. The molecule has 1 aromatic heterocycles. The lowest BCUT2D eigenvalue weighted by Gasteiger charge is -2.08. The monoisotopic (exact) mass is 272 g/mol. The summed E-state index contributed by atoms with van der Waals surface area (Å²) >= 11 is 3.89. The summed E-state index contributed by atoms with van der Waals surface area (Å²) < 4.78 is 4.74. The second kappa shape index (κ2) is 6.59. The zero-order valence-corrected chi connectivity index (χ0v) is 10.4. The van der Waals surface area contributed by atoms with E-state index in [1.807, 2.05) is 0 Å². The average Bonchev–Trinajstić information content (AvgIpc) is 2.81. The van der Waals surface area contributed by atoms with Gasteiger partial charge in [-0.2, -0.15) is 17.6 Å². The van der Waals surface area contributed by atoms with Gasteiger partial charge in [0.05, 0.1) is 6.33 Å². The van der Waals surface area contributed by atoms with Crippen molar-refractivity contribution in [3.8, 4) is 0 Å². The van der Waals surface area contributed by atoms with Crippen LogP contribution in [0.1, 0.15) is 10.5 Å². The zero-order chi connectivity index (χ0) is 13.5. The zero-order valence-electron chi connectivity index (χ0n) is 9.53. The van der Waals surface area contributed by atoms with Crippen LogP contribution in [0.5, 0.6) is 0 Å². The number of imidazole rings is 1. The molecule has 0 spiro atoms. The van der Waals surface area contributed by atoms with Gasteiger partial charge in [-0.05, 0) is 0 Å². The van der Waals surface area contributed by atoms with Crippen LogP contribution in [0.15, 0.2) is 16.7 Å². The number of primary amides is 1. The van der Waals surface area contributed by atoms with E-state index >= 15 is 0 Å². The van der Waals surface area contributed by atoms with Gasteiger partial charge in [-0.1, -0.05) is 5.22 Å². The molecule has 0 aromatic carbocycles. The van der Waals surface area contributed by atoms with Gasteiger partial charge < -0.3 is 15.5 Å². The highest BCUT2D eigenvalue weighted by Crippen LogP contribution is 2.13. The Balaban J connectivity index is 2.65. The minimum Gasteiger partial charge on any atom is -0.447 e. The lowest BCUT2D eigenvalue weighted by molar-refractivity contribution is 0.0996. The summed E-state index contributed by atoms with van der Waals surface area (Å²) in [6, 6.07) is 0. The third kappa shape index (κ3) is 3.73. The molecule has 0 aliphatic rings. The van der Waals surface area contributed by atoms with E-state index in [0.717, 1.165) is 5.01 Å². The highest BCUT2D eigenvalue weighted by molar-refractivity contribution is 7.80. The van der Waals surface area contributed by atoms with Crippen LogP contribution >= 0.6 is 12.6 Å². The molecule has 3 N–H and O–H groups in total. The third-order valence-electron chi connectivity index (χ3n) is 1.72. The summed E-state index contributed by atoms with van der Waals surface area (Å²) in [5.74, 6) is -0.319. The molecule has 9 nitrogen and oxygen atoms in total. The fraction of sp³-hybridized carbons (Fsp3) is 0.375. The number of ether oxygens (including phenoxy) is 1. The first-order chi connectivity index (χ1) is 8.56. The van der Waals surface area contributed by atoms with Crippen molar-refractivity contribution in [2.24, 2.45) is 16.1 Å². The lowest BCUT2D eigenvalue weighted by Crippen LogP contribution is -2.22. The van der Waals surface area contributed by atoms with Gasteiger partial charge in [0.25, 0.3) is 5.91 Å². The molecule has 98 valence electrons. The number of nitrogens with one attached hydrogen (secondary N) is 1. The summed E-state index contributed by atoms with van der Waals surface area (Å²) in [4.78, 5) is 28.4. The summed E-state index contributed by atoms with van der Waals surface area (Å²) in [6.45, 7) is 0.163. The summed E-state index contributed by atoms with van der Waals surface area (Å²) in [6.07, 6.45) is 0.553. The SMILES string of the molecule is CN(N=Nc1nc[nH]c1C(N)=O)C(=O)OCCS. The Hall–Kier alpha value is -2.10. The van der Waals surface area contributed by atoms with Gasteiger partial charge in [0, 0.05) is 12.8 Å². The molecule has 18 heavy (non-hydrogen) atoms. The number of aromatic amines is 1. The Morgan fingerprint density at radius 1 is 1.67 bits per heavy atom. The maximum absolute atomic E-state index is 11.3. The molecule has 0 saturated carbocycles. The normalized spacial score (nSPS) is 10.6. The minimum atomic E-state index is -0.721. The van der Waals surface area contributed by atoms with E-state index in [9.17, 15) is 9.59 Å². The van der Waals surface area contributed by atoms with Crippen LogP contribution in [0.2, 0.25) is 0 Å². The van der Waals surface area contributed by atoms with Crippen molar-refractivity contribution < 1.29 is 14.3 Å². The van der Waals surface area contributed by atoms with Gasteiger partial charge in [-0.25, -0.2) is 9.78 Å². The molecule has 2 amide bonds. The van der Waals surface area contributed by atoms with Crippen molar-refractivity contribution >= 4 is 30.4 Å². The molecular formula is C8H12N6O3S. The summed E-state index contributed by atoms with van der Waals surface area (Å²) in [5.41, 5.74) is 5.08. The predicted molar refractivity (Wildman–Crippen MR) is 64.6 cm³/mol. The molecule has 10 heteroatoms. The number of thiol groups is 1. The first-order valence-corrected chi connectivity index (χ1v) is 5.45. The van der Waals surface area contributed by atoms with E-state index in [-0.39, 0.29) is 18.1 Å². The van der Waals surface area contributed by atoms with Gasteiger partial charge in [0.1, 0.15) is 6.61 Å². The Morgan fingerprint density at radius 2 is 2.39 bits per heavy atom. The molecule has 0 bridgehead atoms. The number of aromatic nitrogens is 2. The Morgan fingerprint density at radius 3 is 3.00 bits per heavy atom. The molecular weight excluding hydrogens is 260 g/mol. The largest absolute Gasteiger partial charge is 0.447 e. The number of rotatable bonds is 5. The molecule has 0 unspecified atom stereocenters. The van der Waals surface area contributed by atoms with E-state index in [0.29, 0.717) is 5.75 Å². The number of carbonyl (C=O) groups is 2. The molecule has 0 radical (unpaired) electrons. The fourth-order valence-electron chi connectivity index (χ4n) is 0.917. The van der Waals surface area contributed by atoms with Gasteiger partial charge in [-0.15, -0.1) is 5.11 Å². The predicted octanol–water partition coefficient (Wildman–Crippen LogP) is 0.505. The Labute approximate surface area is 108 Å². The molecule has 0 atom stereocenters. The van der Waals surface area contributed by atoms with Crippen molar-refractivity contribution in [2.45, 2.75) is 0 Å². The molecule has 1 rings (SSSR count). The number of hydrogen-bond donors (Lipinski definition) is 3. The Bertz CT molecular complexity index is 459. The second-order valence-corrected chi connectivity index (χ2v) is 3.46. The number of nitrogens with zero attached hydrogens (tertiary/aromatic N) is 4. The van der Waals surface area contributed by atoms with Crippen LogP contribution in [0.25, 0.3) is 0 Å². The average molecular weight is 272 g/mol. The van der Waals surface area contributed by atoms with E-state index < -0.39 is 12.0 Å². The maximum atomic E-state index is 11.3. The number of amides is 2. The van der Waals surface area contributed by atoms with Crippen molar-refractivity contribution in [1.82, 2.24) is 15.0 Å². The highest BCUT2D eigenvalue weighted by Gasteiger charge is 2.12. The van der Waals surface area contributed by atoms with Gasteiger partial charge in [-0.3, -0.25) is 4.79 Å². The van der Waals surface area contributed by atoms with Crippen LogP contribution < -0.4 is 5.73 Å². The van der Waals surface area contributed by atoms with Crippen molar-refractivity contribution in [3.05, 3.63) is 12.0 Å². The molecule has 0 fully saturated rings. The van der Waals surface area contributed by atoms with Crippen molar-refractivity contribution in [2.75, 3.05) is 19.4 Å². The van der Waals surface area contributed by atoms with Crippen LogP contribution in [-0.4, -0.2) is 46.4 Å². The van der Waals surface area contributed by atoms with Crippen LogP contribution in [-0.2, 0) is 4.74 Å². The van der Waals surface area contributed by atoms with E-state index in [2.05, 4.69) is 32.9 Å². The highest BCUT2D eigenvalue weighted by atomic mass is 32.1. The lowest BCUT2D eigenvalue weighted by atomic mass is 10.4.